The molecule has 2 aromatic rings. The van der Waals surface area contributed by atoms with Gasteiger partial charge in [-0.2, -0.15) is 0 Å². The average Bonchev–Trinajstić information content (AvgIpc) is 3.12. The predicted octanol–water partition coefficient (Wildman–Crippen LogP) is 4.12. The van der Waals surface area contributed by atoms with E-state index in [4.69, 9.17) is 0 Å². The monoisotopic (exact) mass is 321 g/mol. The largest absolute Gasteiger partial charge is 0.297 e. The lowest BCUT2D eigenvalue weighted by Gasteiger charge is -2.38. The summed E-state index contributed by atoms with van der Waals surface area (Å²) < 4.78 is 0. The normalized spacial score (nSPS) is 24.3. The molecule has 2 atom stereocenters. The van der Waals surface area contributed by atoms with Crippen LogP contribution in [0.5, 0.6) is 0 Å². The summed E-state index contributed by atoms with van der Waals surface area (Å²) in [4.78, 5) is 11.1. The van der Waals surface area contributed by atoms with Crippen molar-refractivity contribution < 1.29 is 0 Å². The van der Waals surface area contributed by atoms with Crippen LogP contribution in [-0.4, -0.2) is 33.5 Å². The second-order valence-electron chi connectivity index (χ2n) is 7.70. The van der Waals surface area contributed by atoms with Gasteiger partial charge in [-0.05, 0) is 61.3 Å². The van der Waals surface area contributed by atoms with E-state index in [1.54, 1.807) is 11.9 Å². The fourth-order valence-corrected chi connectivity index (χ4v) is 4.63. The Morgan fingerprint density at radius 1 is 1.04 bits per heavy atom. The second-order valence-corrected chi connectivity index (χ2v) is 7.70. The van der Waals surface area contributed by atoms with E-state index >= 15 is 0 Å². The maximum Gasteiger partial charge on any atom is 0.115 e. The van der Waals surface area contributed by atoms with Crippen LogP contribution in [0.4, 0.5) is 0 Å². The molecule has 3 nitrogen and oxygen atoms in total. The highest BCUT2D eigenvalue weighted by Crippen LogP contribution is 2.33. The van der Waals surface area contributed by atoms with E-state index in [9.17, 15) is 0 Å². The molecule has 1 fully saturated rings. The van der Waals surface area contributed by atoms with Crippen LogP contribution < -0.4 is 0 Å². The van der Waals surface area contributed by atoms with E-state index in [0.717, 1.165) is 23.6 Å². The van der Waals surface area contributed by atoms with Crippen LogP contribution in [0.2, 0.25) is 0 Å². The molecular weight excluding hydrogens is 294 g/mol. The summed E-state index contributed by atoms with van der Waals surface area (Å²) in [5.41, 5.74) is 5.42. The van der Waals surface area contributed by atoms with Crippen LogP contribution in [0.25, 0.3) is 11.1 Å². The van der Waals surface area contributed by atoms with Gasteiger partial charge in [-0.3, -0.25) is 4.90 Å². The number of nitrogens with zero attached hydrogens (tertiary/aromatic N) is 3. The number of aryl methyl sites for hydroxylation is 1. The third-order valence-electron chi connectivity index (χ3n) is 5.88. The smallest absolute Gasteiger partial charge is 0.115 e. The zero-order chi connectivity index (χ0) is 16.5. The van der Waals surface area contributed by atoms with Gasteiger partial charge in [0.2, 0.25) is 0 Å². The van der Waals surface area contributed by atoms with Crippen LogP contribution in [0.15, 0.2) is 36.9 Å². The van der Waals surface area contributed by atoms with Crippen molar-refractivity contribution in [2.75, 3.05) is 6.54 Å². The van der Waals surface area contributed by atoms with Crippen LogP contribution in [-0.2, 0) is 12.8 Å². The molecule has 2 unspecified atom stereocenters. The summed E-state index contributed by atoms with van der Waals surface area (Å²) in [7, 11) is 0. The Hall–Kier alpha value is -1.74. The fraction of sp³-hybridized carbons (Fsp3) is 0.524. The van der Waals surface area contributed by atoms with Crippen molar-refractivity contribution in [2.45, 2.75) is 58.0 Å². The lowest BCUT2D eigenvalue weighted by Crippen LogP contribution is -2.44. The molecule has 2 aliphatic rings. The van der Waals surface area contributed by atoms with Gasteiger partial charge >= 0.3 is 0 Å². The van der Waals surface area contributed by atoms with Crippen molar-refractivity contribution in [1.82, 2.24) is 14.9 Å². The van der Waals surface area contributed by atoms with Gasteiger partial charge in [-0.1, -0.05) is 32.0 Å². The molecular formula is C21H27N3. The molecule has 0 bridgehead atoms. The lowest BCUT2D eigenvalue weighted by molar-refractivity contribution is 0.134. The van der Waals surface area contributed by atoms with E-state index < -0.39 is 0 Å². The molecule has 1 saturated heterocycles. The second kappa shape index (κ2) is 6.64. The van der Waals surface area contributed by atoms with Crippen molar-refractivity contribution in [3.05, 3.63) is 48.0 Å². The van der Waals surface area contributed by atoms with Gasteiger partial charge in [-0.25, -0.2) is 9.97 Å². The first-order valence-electron chi connectivity index (χ1n) is 9.35. The molecule has 0 saturated carbocycles. The minimum absolute atomic E-state index is 0.735. The molecule has 0 amide bonds. The predicted molar refractivity (Wildman–Crippen MR) is 97.8 cm³/mol. The molecule has 24 heavy (non-hydrogen) atoms. The standard InChI is InChI=1S/C21H27N3/c1-15(2)21-4-3-9-24(21)20-8-7-16-10-17(5-6-18(16)11-20)19-12-22-14-23-13-19/h5-6,10,12-15,20-21H,3-4,7-9,11H2,1-2H3. The first-order chi connectivity index (χ1) is 11.7. The Morgan fingerprint density at radius 3 is 2.67 bits per heavy atom. The molecule has 126 valence electrons. The number of likely N-dealkylation sites (tertiary alicyclic amines) is 1. The maximum atomic E-state index is 4.14. The summed E-state index contributed by atoms with van der Waals surface area (Å²) in [5.74, 6) is 0.773. The van der Waals surface area contributed by atoms with Crippen molar-refractivity contribution in [3.8, 4) is 11.1 Å². The number of fused-ring (bicyclic) bond motifs is 1. The Morgan fingerprint density at radius 2 is 1.88 bits per heavy atom. The van der Waals surface area contributed by atoms with E-state index in [1.165, 1.54) is 49.8 Å². The molecule has 0 N–H and O–H groups in total. The zero-order valence-electron chi connectivity index (χ0n) is 14.8. The summed E-state index contributed by atoms with van der Waals surface area (Å²) in [6, 6.07) is 8.46. The molecule has 2 heterocycles. The number of rotatable bonds is 3. The summed E-state index contributed by atoms with van der Waals surface area (Å²) in [6.07, 6.45) is 11.9. The maximum absolute atomic E-state index is 4.14. The Balaban J connectivity index is 1.54. The SMILES string of the molecule is CC(C)C1CCCN1C1CCc2cc(-c3cncnc3)ccc2C1. The highest BCUT2D eigenvalue weighted by molar-refractivity contribution is 5.63. The minimum Gasteiger partial charge on any atom is -0.297 e. The van der Waals surface area contributed by atoms with E-state index in [-0.39, 0.29) is 0 Å². The lowest BCUT2D eigenvalue weighted by atomic mass is 9.85. The first kappa shape index (κ1) is 15.8. The van der Waals surface area contributed by atoms with Gasteiger partial charge in [0.05, 0.1) is 0 Å². The van der Waals surface area contributed by atoms with Gasteiger partial charge in [-0.15, -0.1) is 0 Å². The van der Waals surface area contributed by atoms with E-state index in [0.29, 0.717) is 0 Å². The van der Waals surface area contributed by atoms with E-state index in [1.807, 2.05) is 12.4 Å². The molecule has 0 radical (unpaired) electrons. The average molecular weight is 321 g/mol. The molecule has 4 rings (SSSR count). The number of hydrogen-bond acceptors (Lipinski definition) is 3. The number of hydrogen-bond donors (Lipinski definition) is 0. The van der Waals surface area contributed by atoms with E-state index in [2.05, 4.69) is 46.9 Å². The van der Waals surface area contributed by atoms with Crippen LogP contribution in [0, 0.1) is 5.92 Å². The van der Waals surface area contributed by atoms with Gasteiger partial charge in [0.1, 0.15) is 6.33 Å². The van der Waals surface area contributed by atoms with Crippen molar-refractivity contribution >= 4 is 0 Å². The van der Waals surface area contributed by atoms with Crippen LogP contribution >= 0.6 is 0 Å². The van der Waals surface area contributed by atoms with Crippen molar-refractivity contribution in [3.63, 3.8) is 0 Å². The van der Waals surface area contributed by atoms with Crippen LogP contribution in [0.1, 0.15) is 44.2 Å². The molecule has 1 aromatic carbocycles. The third-order valence-corrected chi connectivity index (χ3v) is 5.88. The highest BCUT2D eigenvalue weighted by atomic mass is 15.2. The molecule has 1 aliphatic carbocycles. The van der Waals surface area contributed by atoms with Gasteiger partial charge in [0, 0.05) is 30.0 Å². The van der Waals surface area contributed by atoms with Gasteiger partial charge in [0.25, 0.3) is 0 Å². The topological polar surface area (TPSA) is 29.0 Å². The van der Waals surface area contributed by atoms with Gasteiger partial charge < -0.3 is 0 Å². The molecule has 3 heteroatoms. The summed E-state index contributed by atoms with van der Waals surface area (Å²) in [6.45, 7) is 6.06. The molecule has 1 aromatic heterocycles. The molecule has 0 spiro atoms. The zero-order valence-corrected chi connectivity index (χ0v) is 14.8. The molecule has 1 aliphatic heterocycles. The minimum atomic E-state index is 0.735. The quantitative estimate of drug-likeness (QED) is 0.851. The Labute approximate surface area is 145 Å². The summed E-state index contributed by atoms with van der Waals surface area (Å²) >= 11 is 0. The van der Waals surface area contributed by atoms with Crippen LogP contribution in [0.3, 0.4) is 0 Å². The Kier molecular flexibility index (Phi) is 4.36. The Bertz CT molecular complexity index is 695. The summed E-state index contributed by atoms with van der Waals surface area (Å²) in [5, 5.41) is 0. The number of benzene rings is 1. The number of aromatic nitrogens is 2. The third kappa shape index (κ3) is 2.98. The van der Waals surface area contributed by atoms with Crippen molar-refractivity contribution in [1.29, 1.82) is 0 Å². The van der Waals surface area contributed by atoms with Crippen molar-refractivity contribution in [2.24, 2.45) is 5.92 Å². The fourth-order valence-electron chi connectivity index (χ4n) is 4.63. The highest BCUT2D eigenvalue weighted by Gasteiger charge is 2.34. The first-order valence-corrected chi connectivity index (χ1v) is 9.35. The van der Waals surface area contributed by atoms with Gasteiger partial charge in [0.15, 0.2) is 0 Å².